The third-order valence-corrected chi connectivity index (χ3v) is 7.91. The number of fused-ring (bicyclic) bond motifs is 2. The summed E-state index contributed by atoms with van der Waals surface area (Å²) in [5, 5.41) is 14.5. The van der Waals surface area contributed by atoms with Crippen LogP contribution in [0.4, 0.5) is 4.39 Å². The van der Waals surface area contributed by atoms with Gasteiger partial charge in [0.1, 0.15) is 25.1 Å². The molecule has 2 fully saturated rings. The van der Waals surface area contributed by atoms with Crippen LogP contribution in [-0.2, 0) is 4.79 Å². The Hall–Kier alpha value is -2.97. The fourth-order valence-corrected chi connectivity index (χ4v) is 5.74. The van der Waals surface area contributed by atoms with E-state index in [4.69, 9.17) is 9.47 Å². The number of aliphatic hydroxyl groups excluding tert-OH is 1. The van der Waals surface area contributed by atoms with Crippen LogP contribution in [0.1, 0.15) is 67.0 Å². The molecule has 198 valence electrons. The molecule has 2 aromatic rings. The van der Waals surface area contributed by atoms with Gasteiger partial charge in [-0.1, -0.05) is 6.07 Å². The molecule has 2 unspecified atom stereocenters. The zero-order valence-corrected chi connectivity index (χ0v) is 21.0. The van der Waals surface area contributed by atoms with Gasteiger partial charge in [-0.2, -0.15) is 0 Å². The van der Waals surface area contributed by atoms with Crippen LogP contribution in [0.15, 0.2) is 42.5 Å². The Morgan fingerprint density at radius 2 is 1.81 bits per heavy atom. The summed E-state index contributed by atoms with van der Waals surface area (Å²) in [6, 6.07) is 10.9. The van der Waals surface area contributed by atoms with Crippen molar-refractivity contribution in [3.8, 4) is 11.5 Å². The van der Waals surface area contributed by atoms with Crippen molar-refractivity contribution in [3.05, 3.63) is 59.4 Å². The minimum Gasteiger partial charge on any atom is -0.486 e. The van der Waals surface area contributed by atoms with Gasteiger partial charge < -0.3 is 19.9 Å². The average molecular weight is 511 g/mol. The van der Waals surface area contributed by atoms with Crippen LogP contribution < -0.4 is 14.8 Å². The van der Waals surface area contributed by atoms with Crippen molar-refractivity contribution < 1.29 is 28.6 Å². The van der Waals surface area contributed by atoms with Gasteiger partial charge in [0, 0.05) is 31.0 Å². The van der Waals surface area contributed by atoms with E-state index in [1.54, 1.807) is 12.1 Å². The minimum absolute atomic E-state index is 0.120. The van der Waals surface area contributed by atoms with E-state index in [9.17, 15) is 19.1 Å². The van der Waals surface area contributed by atoms with E-state index in [1.807, 2.05) is 6.07 Å². The highest BCUT2D eigenvalue weighted by Crippen LogP contribution is 2.40. The molecule has 0 bridgehead atoms. The van der Waals surface area contributed by atoms with E-state index in [2.05, 4.69) is 10.2 Å². The van der Waals surface area contributed by atoms with E-state index in [1.165, 1.54) is 37.1 Å². The summed E-state index contributed by atoms with van der Waals surface area (Å²) in [6.45, 7) is 2.49. The van der Waals surface area contributed by atoms with Gasteiger partial charge in [-0.05, 0) is 86.5 Å². The van der Waals surface area contributed by atoms with Crippen LogP contribution in [0.2, 0.25) is 0 Å². The van der Waals surface area contributed by atoms with Gasteiger partial charge in [-0.25, -0.2) is 4.39 Å². The van der Waals surface area contributed by atoms with Crippen molar-refractivity contribution in [3.63, 3.8) is 0 Å². The second kappa shape index (κ2) is 11.6. The third-order valence-electron chi connectivity index (χ3n) is 7.91. The highest BCUT2D eigenvalue weighted by Gasteiger charge is 2.39. The Morgan fingerprint density at radius 1 is 1.03 bits per heavy atom. The Balaban J connectivity index is 1.23. The molecule has 2 aromatic carbocycles. The molecule has 1 saturated carbocycles. The fraction of sp³-hybridized carbons (Fsp3) is 0.517. The zero-order chi connectivity index (χ0) is 25.8. The number of carbonyl (C=O) groups excluding carboxylic acids is 2. The van der Waals surface area contributed by atoms with Crippen molar-refractivity contribution >= 4 is 11.7 Å². The fourth-order valence-electron chi connectivity index (χ4n) is 5.74. The molecule has 8 heteroatoms. The predicted octanol–water partition coefficient (Wildman–Crippen LogP) is 4.04. The molecule has 0 radical (unpaired) electrons. The van der Waals surface area contributed by atoms with Crippen LogP contribution in [-0.4, -0.2) is 60.1 Å². The maximum Gasteiger partial charge on any atom is 0.220 e. The van der Waals surface area contributed by atoms with E-state index in [-0.39, 0.29) is 30.3 Å². The Bertz CT molecular complexity index is 1110. The minimum atomic E-state index is -0.916. The second-order valence-electron chi connectivity index (χ2n) is 10.3. The number of piperidine rings is 1. The molecular formula is C29H35FN2O5. The number of hydrogen-bond donors (Lipinski definition) is 2. The number of rotatable bonds is 10. The zero-order valence-electron chi connectivity index (χ0n) is 21.0. The summed E-state index contributed by atoms with van der Waals surface area (Å²) < 4.78 is 24.4. The van der Waals surface area contributed by atoms with Gasteiger partial charge in [0.15, 0.2) is 17.3 Å². The van der Waals surface area contributed by atoms with Gasteiger partial charge in [0.25, 0.3) is 0 Å². The first-order chi connectivity index (χ1) is 18.0. The number of halogens is 1. The number of benzene rings is 2. The lowest BCUT2D eigenvalue weighted by molar-refractivity contribution is -0.123. The maximum atomic E-state index is 13.1. The average Bonchev–Trinajstić information content (AvgIpc) is 2.89. The summed E-state index contributed by atoms with van der Waals surface area (Å²) in [5.74, 6) is 1.27. The first-order valence-corrected chi connectivity index (χ1v) is 13.4. The summed E-state index contributed by atoms with van der Waals surface area (Å²) in [4.78, 5) is 27.7. The van der Waals surface area contributed by atoms with Crippen molar-refractivity contribution in [2.75, 3.05) is 26.3 Å². The molecule has 1 aliphatic carbocycles. The smallest absolute Gasteiger partial charge is 0.220 e. The van der Waals surface area contributed by atoms with Crippen molar-refractivity contribution in [1.29, 1.82) is 0 Å². The van der Waals surface area contributed by atoms with Gasteiger partial charge in [0.2, 0.25) is 5.91 Å². The number of ether oxygens (including phenoxy) is 2. The first kappa shape index (κ1) is 25.7. The van der Waals surface area contributed by atoms with Crippen LogP contribution in [0.5, 0.6) is 11.5 Å². The van der Waals surface area contributed by atoms with Crippen LogP contribution in [0, 0.1) is 11.7 Å². The number of nitrogens with zero attached hydrogens (tertiary/aromatic N) is 1. The standard InChI is InChI=1S/C29H35FN2O5/c30-22-10-6-20(7-11-22)25(33)4-1-5-28(34)31-23(18-32-14-2-3-19-8-12-24(19)32)29(35)21-9-13-26-27(17-21)37-16-15-36-26/h6-7,9-11,13,17,19,23-24,29,35H,1-5,8,12,14-16,18H2,(H,31,34)/t19?,23-,24?,29-/m1/s1. The SMILES string of the molecule is O=C(CCCC(=O)c1ccc(F)cc1)N[C@H](CN1CCCC2CCC21)[C@H](O)c1ccc2c(c1)OCCO2. The molecule has 4 atom stereocenters. The van der Waals surface area contributed by atoms with E-state index in [0.29, 0.717) is 60.8 Å². The quantitative estimate of drug-likeness (QED) is 0.469. The van der Waals surface area contributed by atoms with E-state index < -0.39 is 12.1 Å². The van der Waals surface area contributed by atoms with Gasteiger partial charge >= 0.3 is 0 Å². The molecule has 5 rings (SSSR count). The topological polar surface area (TPSA) is 88.1 Å². The van der Waals surface area contributed by atoms with Gasteiger partial charge in [-0.15, -0.1) is 0 Å². The van der Waals surface area contributed by atoms with Crippen LogP contribution >= 0.6 is 0 Å². The summed E-state index contributed by atoms with van der Waals surface area (Å²) in [6.07, 6.45) is 4.64. The number of nitrogens with one attached hydrogen (secondary N) is 1. The molecule has 1 amide bonds. The molecule has 3 aliphatic rings. The van der Waals surface area contributed by atoms with Gasteiger partial charge in [0.05, 0.1) is 6.04 Å². The number of aliphatic hydroxyl groups is 1. The lowest BCUT2D eigenvalue weighted by Crippen LogP contribution is -2.56. The molecular weight excluding hydrogens is 475 g/mol. The molecule has 2 heterocycles. The lowest BCUT2D eigenvalue weighted by Gasteiger charge is -2.49. The molecule has 1 saturated heterocycles. The molecule has 2 aliphatic heterocycles. The summed E-state index contributed by atoms with van der Waals surface area (Å²) in [5.41, 5.74) is 1.11. The van der Waals surface area contributed by atoms with Gasteiger partial charge in [-0.3, -0.25) is 14.5 Å². The van der Waals surface area contributed by atoms with E-state index in [0.717, 1.165) is 19.4 Å². The van der Waals surface area contributed by atoms with Crippen LogP contribution in [0.25, 0.3) is 0 Å². The lowest BCUT2D eigenvalue weighted by atomic mass is 9.73. The van der Waals surface area contributed by atoms with Crippen molar-refractivity contribution in [2.45, 2.75) is 63.1 Å². The Kier molecular flexibility index (Phi) is 8.05. The normalized spacial score (nSPS) is 22.3. The number of Topliss-reactive ketones (excluding diaryl/α,β-unsaturated/α-hetero) is 1. The molecule has 0 aromatic heterocycles. The number of likely N-dealkylation sites (tertiary alicyclic amines) is 1. The number of hydrogen-bond acceptors (Lipinski definition) is 6. The third kappa shape index (κ3) is 6.13. The number of ketones is 1. The second-order valence-corrected chi connectivity index (χ2v) is 10.3. The molecule has 2 N–H and O–H groups in total. The first-order valence-electron chi connectivity index (χ1n) is 13.4. The maximum absolute atomic E-state index is 13.1. The molecule has 7 nitrogen and oxygen atoms in total. The predicted molar refractivity (Wildman–Crippen MR) is 136 cm³/mol. The highest BCUT2D eigenvalue weighted by molar-refractivity contribution is 5.96. The highest BCUT2D eigenvalue weighted by atomic mass is 19.1. The van der Waals surface area contributed by atoms with Crippen LogP contribution in [0.3, 0.4) is 0 Å². The Labute approximate surface area is 216 Å². The number of amides is 1. The Morgan fingerprint density at radius 3 is 2.57 bits per heavy atom. The van der Waals surface area contributed by atoms with E-state index >= 15 is 0 Å². The van der Waals surface area contributed by atoms with Crippen molar-refractivity contribution in [2.24, 2.45) is 5.92 Å². The number of carbonyl (C=O) groups is 2. The van der Waals surface area contributed by atoms with Crippen molar-refractivity contribution in [1.82, 2.24) is 10.2 Å². The largest absolute Gasteiger partial charge is 0.486 e. The summed E-state index contributed by atoms with van der Waals surface area (Å²) in [7, 11) is 0. The molecule has 37 heavy (non-hydrogen) atoms. The monoisotopic (exact) mass is 510 g/mol. The summed E-state index contributed by atoms with van der Waals surface area (Å²) >= 11 is 0. The molecule has 0 spiro atoms.